The number of anilines is 1. The Kier molecular flexibility index (Phi) is 5.99. The van der Waals surface area contributed by atoms with Crippen LogP contribution < -0.4 is 15.6 Å². The van der Waals surface area contributed by atoms with Crippen LogP contribution in [0.2, 0.25) is 0 Å². The third-order valence-corrected chi connectivity index (χ3v) is 6.60. The number of nitrogen functional groups attached to an aromatic ring is 1. The summed E-state index contributed by atoms with van der Waals surface area (Å²) in [6.07, 6.45) is 2.34. The molecule has 2 aromatic carbocycles. The van der Waals surface area contributed by atoms with Crippen LogP contribution in [0.15, 0.2) is 52.3 Å². The van der Waals surface area contributed by atoms with E-state index < -0.39 is 20.0 Å². The standard InChI is InChI=1S/C16H19N3O4S2.ClH/c17-12-7-8-15-11(9-12)3-1-6-16(15)19-25(22,23)14-5-2-4-13(10-14)24(18,20)21;/h2,4-5,7-10,16,19H,1,3,6,17H2,(H2,18,20,21);1H. The van der Waals surface area contributed by atoms with Gasteiger partial charge in [0, 0.05) is 11.7 Å². The van der Waals surface area contributed by atoms with E-state index in [1.165, 1.54) is 18.2 Å². The molecule has 0 fully saturated rings. The van der Waals surface area contributed by atoms with Gasteiger partial charge >= 0.3 is 0 Å². The highest BCUT2D eigenvalue weighted by Gasteiger charge is 2.26. The number of aryl methyl sites for hydroxylation is 1. The smallest absolute Gasteiger partial charge is 0.241 e. The van der Waals surface area contributed by atoms with E-state index >= 15 is 0 Å². The van der Waals surface area contributed by atoms with Crippen LogP contribution in [-0.4, -0.2) is 16.8 Å². The summed E-state index contributed by atoms with van der Waals surface area (Å²) >= 11 is 0. The zero-order chi connectivity index (χ0) is 18.2. The summed E-state index contributed by atoms with van der Waals surface area (Å²) in [6, 6.07) is 10.1. The first-order valence-electron chi connectivity index (χ1n) is 7.70. The van der Waals surface area contributed by atoms with Gasteiger partial charge in [0.25, 0.3) is 0 Å². The van der Waals surface area contributed by atoms with Crippen LogP contribution in [0.5, 0.6) is 0 Å². The zero-order valence-corrected chi connectivity index (χ0v) is 16.2. The zero-order valence-electron chi connectivity index (χ0n) is 13.8. The van der Waals surface area contributed by atoms with E-state index in [1.54, 1.807) is 6.07 Å². The van der Waals surface area contributed by atoms with Crippen LogP contribution >= 0.6 is 12.4 Å². The van der Waals surface area contributed by atoms with Crippen LogP contribution in [0.25, 0.3) is 0 Å². The van der Waals surface area contributed by atoms with Gasteiger partial charge in [-0.25, -0.2) is 26.7 Å². The highest BCUT2D eigenvalue weighted by molar-refractivity contribution is 7.90. The lowest BCUT2D eigenvalue weighted by Gasteiger charge is -2.26. The van der Waals surface area contributed by atoms with Gasteiger partial charge in [-0.2, -0.15) is 0 Å². The van der Waals surface area contributed by atoms with Crippen LogP contribution in [0.3, 0.4) is 0 Å². The largest absolute Gasteiger partial charge is 0.399 e. The predicted molar refractivity (Wildman–Crippen MR) is 102 cm³/mol. The summed E-state index contributed by atoms with van der Waals surface area (Å²) in [5.74, 6) is 0. The molecule has 1 atom stereocenters. The van der Waals surface area contributed by atoms with Gasteiger partial charge in [-0.3, -0.25) is 0 Å². The van der Waals surface area contributed by atoms with Crippen molar-refractivity contribution < 1.29 is 16.8 Å². The molecule has 0 bridgehead atoms. The summed E-state index contributed by atoms with van der Waals surface area (Å²) in [6.45, 7) is 0. The van der Waals surface area contributed by atoms with Gasteiger partial charge in [0.15, 0.2) is 0 Å². The molecule has 3 rings (SSSR count). The molecule has 0 saturated heterocycles. The summed E-state index contributed by atoms with van der Waals surface area (Å²) in [4.78, 5) is -0.381. The first-order chi connectivity index (χ1) is 11.7. The van der Waals surface area contributed by atoms with Gasteiger partial charge < -0.3 is 5.73 Å². The number of fused-ring (bicyclic) bond motifs is 1. The Balaban J connectivity index is 0.00000243. The molecule has 1 unspecified atom stereocenters. The average molecular weight is 418 g/mol. The van der Waals surface area contributed by atoms with Crippen LogP contribution in [0, 0.1) is 0 Å². The SMILES string of the molecule is Cl.Nc1ccc2c(c1)CCCC2NS(=O)(=O)c1cccc(S(N)(=O)=O)c1. The Morgan fingerprint density at radius 2 is 1.69 bits per heavy atom. The molecule has 0 saturated carbocycles. The van der Waals surface area contributed by atoms with Gasteiger partial charge in [-0.05, 0) is 60.7 Å². The molecular formula is C16H20ClN3O4S2. The van der Waals surface area contributed by atoms with Crippen molar-refractivity contribution in [3.05, 3.63) is 53.6 Å². The highest BCUT2D eigenvalue weighted by Crippen LogP contribution is 2.32. The number of sulfonamides is 2. The number of benzene rings is 2. The molecule has 26 heavy (non-hydrogen) atoms. The maximum atomic E-state index is 12.7. The molecule has 0 heterocycles. The van der Waals surface area contributed by atoms with E-state index in [0.717, 1.165) is 30.0 Å². The number of primary sulfonamides is 1. The molecule has 0 radical (unpaired) electrons. The maximum absolute atomic E-state index is 12.7. The molecular weight excluding hydrogens is 398 g/mol. The number of halogens is 1. The van der Waals surface area contributed by atoms with Crippen LogP contribution in [-0.2, 0) is 26.5 Å². The second-order valence-electron chi connectivity index (χ2n) is 6.04. The summed E-state index contributed by atoms with van der Waals surface area (Å²) < 4.78 is 50.9. The molecule has 1 aliphatic rings. The van der Waals surface area contributed by atoms with Crippen molar-refractivity contribution in [2.45, 2.75) is 35.1 Å². The lowest BCUT2D eigenvalue weighted by molar-refractivity contribution is 0.507. The van der Waals surface area contributed by atoms with Crippen molar-refractivity contribution in [1.29, 1.82) is 0 Å². The summed E-state index contributed by atoms with van der Waals surface area (Å²) in [7, 11) is -7.87. The Hall–Kier alpha value is -1.65. The van der Waals surface area contributed by atoms with Crippen molar-refractivity contribution in [3.63, 3.8) is 0 Å². The minimum atomic E-state index is -3.98. The molecule has 5 N–H and O–H groups in total. The van der Waals surface area contributed by atoms with Crippen LogP contribution in [0.1, 0.15) is 30.0 Å². The first kappa shape index (κ1) is 20.7. The summed E-state index contributed by atoms with van der Waals surface area (Å²) in [5, 5.41) is 5.08. The molecule has 1 aliphatic carbocycles. The first-order valence-corrected chi connectivity index (χ1v) is 10.7. The van der Waals surface area contributed by atoms with E-state index in [4.69, 9.17) is 10.9 Å². The monoisotopic (exact) mass is 417 g/mol. The molecule has 0 spiro atoms. The number of nitrogens with two attached hydrogens (primary N) is 2. The van der Waals surface area contributed by atoms with Crippen LogP contribution in [0.4, 0.5) is 5.69 Å². The Morgan fingerprint density at radius 1 is 1.00 bits per heavy atom. The lowest BCUT2D eigenvalue weighted by Crippen LogP contribution is -2.31. The fraction of sp³-hybridized carbons (Fsp3) is 0.250. The predicted octanol–water partition coefficient (Wildman–Crippen LogP) is 1.69. The van der Waals surface area contributed by atoms with Gasteiger partial charge in [-0.15, -0.1) is 12.4 Å². The second kappa shape index (κ2) is 7.53. The quantitative estimate of drug-likeness (QED) is 0.651. The highest BCUT2D eigenvalue weighted by atomic mass is 35.5. The van der Waals surface area contributed by atoms with Gasteiger partial charge in [0.1, 0.15) is 0 Å². The molecule has 0 aromatic heterocycles. The Labute approximate surface area is 159 Å². The van der Waals surface area contributed by atoms with Crippen molar-refractivity contribution in [2.24, 2.45) is 5.14 Å². The van der Waals surface area contributed by atoms with Gasteiger partial charge in [0.2, 0.25) is 20.0 Å². The van der Waals surface area contributed by atoms with Crippen molar-refractivity contribution >= 4 is 38.1 Å². The molecule has 2 aromatic rings. The topological polar surface area (TPSA) is 132 Å². The number of hydrogen-bond donors (Lipinski definition) is 3. The maximum Gasteiger partial charge on any atom is 0.241 e. The van der Waals surface area contributed by atoms with E-state index in [0.29, 0.717) is 12.1 Å². The van der Waals surface area contributed by atoms with Gasteiger partial charge in [-0.1, -0.05) is 12.1 Å². The fourth-order valence-electron chi connectivity index (χ4n) is 3.03. The van der Waals surface area contributed by atoms with Gasteiger partial charge in [0.05, 0.1) is 9.79 Å². The van der Waals surface area contributed by atoms with E-state index in [-0.39, 0.29) is 28.2 Å². The molecule has 10 heteroatoms. The van der Waals surface area contributed by atoms with E-state index in [1.807, 2.05) is 12.1 Å². The normalized spacial score (nSPS) is 17.2. The summed E-state index contributed by atoms with van der Waals surface area (Å²) in [5.41, 5.74) is 8.36. The third kappa shape index (κ3) is 4.36. The lowest BCUT2D eigenvalue weighted by atomic mass is 9.88. The molecule has 142 valence electrons. The molecule has 0 amide bonds. The minimum Gasteiger partial charge on any atom is -0.399 e. The molecule has 7 nitrogen and oxygen atoms in total. The number of hydrogen-bond acceptors (Lipinski definition) is 5. The molecule has 0 aliphatic heterocycles. The van der Waals surface area contributed by atoms with E-state index in [2.05, 4.69) is 4.72 Å². The average Bonchev–Trinajstić information content (AvgIpc) is 2.54. The van der Waals surface area contributed by atoms with Crippen molar-refractivity contribution in [3.8, 4) is 0 Å². The van der Waals surface area contributed by atoms with Crippen molar-refractivity contribution in [2.75, 3.05) is 5.73 Å². The number of nitrogens with one attached hydrogen (secondary N) is 1. The van der Waals surface area contributed by atoms with Crippen molar-refractivity contribution in [1.82, 2.24) is 4.72 Å². The van der Waals surface area contributed by atoms with E-state index in [9.17, 15) is 16.8 Å². The second-order valence-corrected chi connectivity index (χ2v) is 9.32. The Bertz CT molecular complexity index is 1020. The third-order valence-electron chi connectivity index (χ3n) is 4.22. The fourth-order valence-corrected chi connectivity index (χ4v) is 4.96. The minimum absolute atomic E-state index is 0. The Morgan fingerprint density at radius 3 is 2.38 bits per heavy atom. The number of rotatable bonds is 4.